The molecule has 0 unspecified atom stereocenters. The van der Waals surface area contributed by atoms with Crippen molar-refractivity contribution in [3.8, 4) is 0 Å². The van der Waals surface area contributed by atoms with Gasteiger partial charge in [-0.1, -0.05) is 0 Å². The van der Waals surface area contributed by atoms with E-state index in [9.17, 15) is 26.3 Å². The summed E-state index contributed by atoms with van der Waals surface area (Å²) in [5, 5.41) is 12.0. The van der Waals surface area contributed by atoms with Gasteiger partial charge in [0.05, 0.1) is 11.1 Å². The van der Waals surface area contributed by atoms with Crippen LogP contribution >= 0.6 is 15.9 Å². The molecule has 0 atom stereocenters. The molecule has 2 N–H and O–H groups in total. The van der Waals surface area contributed by atoms with Crippen LogP contribution in [0.2, 0.25) is 0 Å². The summed E-state index contributed by atoms with van der Waals surface area (Å²) in [5.74, 6) is 2.68. The Morgan fingerprint density at radius 3 is 1.89 bits per heavy atom. The topological polar surface area (TPSA) is 68.1 Å². The van der Waals surface area contributed by atoms with Gasteiger partial charge in [-0.15, -0.1) is 0 Å². The van der Waals surface area contributed by atoms with Crippen molar-refractivity contribution in [3.05, 3.63) is 74.9 Å². The maximum absolute atomic E-state index is 13.8. The van der Waals surface area contributed by atoms with Crippen molar-refractivity contribution in [3.63, 3.8) is 0 Å². The Hall–Kier alpha value is -3.35. The smallest absolute Gasteiger partial charge is 0.365 e. The number of pyridine rings is 2. The molecular weight excluding hydrogens is 686 g/mol. The van der Waals surface area contributed by atoms with Crippen molar-refractivity contribution in [1.29, 1.82) is 5.41 Å². The predicted octanol–water partition coefficient (Wildman–Crippen LogP) is 9.71. The van der Waals surface area contributed by atoms with Crippen molar-refractivity contribution < 1.29 is 26.3 Å². The molecule has 2 aromatic heterocycles. The van der Waals surface area contributed by atoms with Crippen molar-refractivity contribution >= 4 is 39.1 Å². The molecule has 3 aromatic rings. The van der Waals surface area contributed by atoms with Crippen LogP contribution in [0, 0.1) is 17.2 Å². The maximum atomic E-state index is 13.8. The van der Waals surface area contributed by atoms with Crippen LogP contribution in [0.4, 0.5) is 43.8 Å². The second-order valence-electron chi connectivity index (χ2n) is 13.8. The van der Waals surface area contributed by atoms with E-state index in [0.29, 0.717) is 44.9 Å². The Kier molecular flexibility index (Phi) is 9.88. The molecule has 2 heterocycles. The van der Waals surface area contributed by atoms with Crippen LogP contribution in [0.15, 0.2) is 47.1 Å². The quantitative estimate of drug-likeness (QED) is 0.144. The third kappa shape index (κ3) is 9.61. The van der Waals surface area contributed by atoms with Gasteiger partial charge in [0.2, 0.25) is 0 Å². The second-order valence-corrected chi connectivity index (χ2v) is 14.7. The van der Waals surface area contributed by atoms with Gasteiger partial charge in [0, 0.05) is 59.2 Å². The molecule has 0 spiro atoms. The lowest BCUT2D eigenvalue weighted by Gasteiger charge is -2.32. The summed E-state index contributed by atoms with van der Waals surface area (Å²) in [5.41, 5.74) is -1.71. The molecule has 47 heavy (non-hydrogen) atoms. The summed E-state index contributed by atoms with van der Waals surface area (Å²) in [6, 6.07) is 6.93. The van der Waals surface area contributed by atoms with Crippen LogP contribution in [0.3, 0.4) is 0 Å². The number of hydrogen-bond acceptors (Lipinski definition) is 6. The van der Waals surface area contributed by atoms with Crippen molar-refractivity contribution in [1.82, 2.24) is 9.97 Å². The van der Waals surface area contributed by atoms with E-state index in [1.807, 2.05) is 26.8 Å². The zero-order valence-corrected chi connectivity index (χ0v) is 28.4. The second kappa shape index (κ2) is 13.3. The van der Waals surface area contributed by atoms with Crippen LogP contribution in [-0.2, 0) is 25.4 Å². The van der Waals surface area contributed by atoms with E-state index in [4.69, 9.17) is 10.4 Å². The highest BCUT2D eigenvalue weighted by atomic mass is 79.9. The van der Waals surface area contributed by atoms with Gasteiger partial charge < -0.3 is 20.5 Å². The molecular formula is C34H39BrF6N6. The Morgan fingerprint density at radius 2 is 1.45 bits per heavy atom. The van der Waals surface area contributed by atoms with Crippen molar-refractivity contribution in [2.45, 2.75) is 84.4 Å². The number of alkyl halides is 6. The summed E-state index contributed by atoms with van der Waals surface area (Å²) in [4.78, 5) is 13.5. The van der Waals surface area contributed by atoms with Gasteiger partial charge in [-0.25, -0.2) is 9.97 Å². The standard InChI is InChI=1S/C34H39BrF6N6/c1-20(42)28-13-24(31(44-30(28)45-32(2,3)4)47(16-21-5-6-21)17-22-7-8-22)19-46(29-10-9-27(35)15-43-29)18-23-11-25(33(36,37)38)14-26(12-23)34(39,40)41/h9-15,21-22,42H,5-8,16-19H2,1-4H3,(H,44,45). The molecule has 2 fully saturated rings. The first-order valence-electron chi connectivity index (χ1n) is 15.6. The maximum Gasteiger partial charge on any atom is 0.416 e. The Morgan fingerprint density at radius 1 is 0.872 bits per heavy atom. The number of rotatable bonds is 12. The molecule has 0 bridgehead atoms. The van der Waals surface area contributed by atoms with Crippen LogP contribution in [0.5, 0.6) is 0 Å². The highest BCUT2D eigenvalue weighted by molar-refractivity contribution is 9.10. The summed E-state index contributed by atoms with van der Waals surface area (Å²) in [6.45, 7) is 9.06. The summed E-state index contributed by atoms with van der Waals surface area (Å²) in [7, 11) is 0. The lowest BCUT2D eigenvalue weighted by atomic mass is 10.0. The first-order chi connectivity index (χ1) is 21.9. The molecule has 1 aromatic carbocycles. The van der Waals surface area contributed by atoms with Crippen LogP contribution < -0.4 is 15.1 Å². The lowest BCUT2D eigenvalue weighted by Crippen LogP contribution is -2.33. The van der Waals surface area contributed by atoms with E-state index >= 15 is 0 Å². The number of benzene rings is 1. The number of halogens is 7. The fourth-order valence-corrected chi connectivity index (χ4v) is 5.69. The highest BCUT2D eigenvalue weighted by Crippen LogP contribution is 2.40. The fraction of sp³-hybridized carbons (Fsp3) is 0.500. The Labute approximate surface area is 279 Å². The van der Waals surface area contributed by atoms with Gasteiger partial charge in [0.1, 0.15) is 17.5 Å². The zero-order valence-electron chi connectivity index (χ0n) is 26.8. The number of aromatic nitrogens is 2. The summed E-state index contributed by atoms with van der Waals surface area (Å²) < 4.78 is 83.4. The van der Waals surface area contributed by atoms with Gasteiger partial charge in [-0.05, 0) is 123 Å². The molecule has 2 aliphatic carbocycles. The summed E-state index contributed by atoms with van der Waals surface area (Å²) >= 11 is 3.36. The molecule has 0 amide bonds. The molecule has 0 saturated heterocycles. The third-order valence-corrected chi connectivity index (χ3v) is 8.51. The van der Waals surface area contributed by atoms with Crippen LogP contribution in [0.1, 0.15) is 81.2 Å². The number of hydrogen-bond donors (Lipinski definition) is 2. The lowest BCUT2D eigenvalue weighted by molar-refractivity contribution is -0.143. The van der Waals surface area contributed by atoms with E-state index in [1.165, 1.54) is 6.20 Å². The Bertz CT molecular complexity index is 1540. The molecule has 2 saturated carbocycles. The molecule has 254 valence electrons. The summed E-state index contributed by atoms with van der Waals surface area (Å²) in [6.07, 6.45) is -3.93. The van der Waals surface area contributed by atoms with Gasteiger partial charge in [0.25, 0.3) is 0 Å². The predicted molar refractivity (Wildman–Crippen MR) is 176 cm³/mol. The van der Waals surface area contributed by atoms with E-state index in [2.05, 4.69) is 31.1 Å². The minimum Gasteiger partial charge on any atom is -0.365 e. The first-order valence-corrected chi connectivity index (χ1v) is 16.4. The first kappa shape index (κ1) is 35.0. The number of nitrogens with one attached hydrogen (secondary N) is 2. The molecule has 5 rings (SSSR count). The molecule has 6 nitrogen and oxygen atoms in total. The van der Waals surface area contributed by atoms with Gasteiger partial charge >= 0.3 is 12.4 Å². The van der Waals surface area contributed by atoms with Gasteiger partial charge in [0.15, 0.2) is 0 Å². The minimum absolute atomic E-state index is 0.0798. The van der Waals surface area contributed by atoms with E-state index < -0.39 is 23.5 Å². The minimum atomic E-state index is -4.97. The van der Waals surface area contributed by atoms with E-state index in [1.54, 1.807) is 24.0 Å². The van der Waals surface area contributed by atoms with Crippen LogP contribution in [-0.4, -0.2) is 34.3 Å². The fourth-order valence-electron chi connectivity index (χ4n) is 5.45. The number of anilines is 3. The third-order valence-electron chi connectivity index (χ3n) is 8.04. The van der Waals surface area contributed by atoms with Gasteiger partial charge in [-0.3, -0.25) is 0 Å². The van der Waals surface area contributed by atoms with E-state index in [-0.39, 0.29) is 36.0 Å². The average Bonchev–Trinajstić information content (AvgIpc) is 3.89. The SMILES string of the molecule is CC(=N)c1cc(CN(Cc2cc(C(F)(F)F)cc(C(F)(F)F)c2)c2ccc(Br)cn2)c(N(CC2CC2)CC2CC2)nc1NC(C)(C)C. The number of nitrogens with zero attached hydrogens (tertiary/aromatic N) is 4. The van der Waals surface area contributed by atoms with E-state index in [0.717, 1.165) is 50.9 Å². The normalized spacial score (nSPS) is 15.5. The van der Waals surface area contributed by atoms with Crippen molar-refractivity contribution in [2.24, 2.45) is 11.8 Å². The molecule has 2 aliphatic rings. The molecule has 0 aliphatic heterocycles. The van der Waals surface area contributed by atoms with Gasteiger partial charge in [-0.2, -0.15) is 26.3 Å². The monoisotopic (exact) mass is 724 g/mol. The molecule has 0 radical (unpaired) electrons. The Balaban J connectivity index is 1.64. The van der Waals surface area contributed by atoms with Crippen molar-refractivity contribution in [2.75, 3.05) is 28.2 Å². The molecule has 13 heteroatoms. The zero-order chi connectivity index (χ0) is 34.3. The largest absolute Gasteiger partial charge is 0.416 e. The highest BCUT2D eigenvalue weighted by Gasteiger charge is 2.37. The average molecular weight is 726 g/mol. The van der Waals surface area contributed by atoms with Crippen LogP contribution in [0.25, 0.3) is 0 Å².